The predicted molar refractivity (Wildman–Crippen MR) is 43.9 cm³/mol. The van der Waals surface area contributed by atoms with E-state index in [0.29, 0.717) is 5.56 Å². The number of hydrogen-bond donors (Lipinski definition) is 3. The van der Waals surface area contributed by atoms with Gasteiger partial charge in [0.25, 0.3) is 0 Å². The summed E-state index contributed by atoms with van der Waals surface area (Å²) in [6.45, 7) is 0. The highest BCUT2D eigenvalue weighted by atomic mass is 35.5. The van der Waals surface area contributed by atoms with E-state index in [0.717, 1.165) is 0 Å². The zero-order chi connectivity index (χ0) is 9.14. The minimum absolute atomic E-state index is 0.148. The Hall–Kier alpha value is -1.42. The van der Waals surface area contributed by atoms with Gasteiger partial charge in [0.05, 0.1) is 0 Å². The molecule has 5 heteroatoms. The molecule has 0 saturated carbocycles. The molecular weight excluding hydrogens is 182 g/mol. The average molecular weight is 188 g/mol. The number of rotatable bonds is 1. The number of nitrogens with zero attached hydrogens (tertiary/aromatic N) is 1. The van der Waals surface area contributed by atoms with E-state index < -0.39 is 0 Å². The summed E-state index contributed by atoms with van der Waals surface area (Å²) in [6.07, 6.45) is 0. The zero-order valence-electron chi connectivity index (χ0n) is 5.90. The minimum Gasteiger partial charge on any atom is -0.504 e. The fourth-order valence-corrected chi connectivity index (χ4v) is 0.827. The summed E-state index contributed by atoms with van der Waals surface area (Å²) in [7, 11) is 0. The second-order valence-corrected chi connectivity index (χ2v) is 2.45. The number of oxime groups is 1. The van der Waals surface area contributed by atoms with Crippen LogP contribution in [0.5, 0.6) is 11.5 Å². The Morgan fingerprint density at radius 2 is 1.92 bits per heavy atom. The Bertz CT molecular complexity index is 324. The van der Waals surface area contributed by atoms with Crippen molar-refractivity contribution in [1.82, 2.24) is 0 Å². The van der Waals surface area contributed by atoms with E-state index in [1.807, 2.05) is 0 Å². The van der Waals surface area contributed by atoms with Crippen molar-refractivity contribution in [3.05, 3.63) is 23.8 Å². The summed E-state index contributed by atoms with van der Waals surface area (Å²) < 4.78 is 0. The molecule has 0 aliphatic rings. The van der Waals surface area contributed by atoms with Gasteiger partial charge < -0.3 is 15.4 Å². The third-order valence-electron chi connectivity index (χ3n) is 1.30. The molecule has 0 atom stereocenters. The smallest absolute Gasteiger partial charge is 0.175 e. The SMILES string of the molecule is O/N=C(/Cl)c1ccc(O)c(O)c1. The number of aromatic hydroxyl groups is 2. The topological polar surface area (TPSA) is 73.1 Å². The molecule has 0 saturated heterocycles. The molecule has 0 fully saturated rings. The van der Waals surface area contributed by atoms with Crippen LogP contribution >= 0.6 is 11.6 Å². The molecule has 0 bridgehead atoms. The number of halogens is 1. The predicted octanol–water partition coefficient (Wildman–Crippen LogP) is 1.47. The molecule has 12 heavy (non-hydrogen) atoms. The maximum Gasteiger partial charge on any atom is 0.175 e. The molecule has 0 spiro atoms. The fourth-order valence-electron chi connectivity index (χ4n) is 0.709. The first-order valence-corrected chi connectivity index (χ1v) is 3.43. The van der Waals surface area contributed by atoms with Crippen LogP contribution in [-0.4, -0.2) is 20.6 Å². The maximum absolute atomic E-state index is 9.00. The van der Waals surface area contributed by atoms with E-state index in [9.17, 15) is 0 Å². The second-order valence-electron chi connectivity index (χ2n) is 2.09. The summed E-state index contributed by atoms with van der Waals surface area (Å²) in [5.74, 6) is -0.560. The van der Waals surface area contributed by atoms with Crippen molar-refractivity contribution < 1.29 is 15.4 Å². The van der Waals surface area contributed by atoms with E-state index in [2.05, 4.69) is 5.16 Å². The first-order chi connectivity index (χ1) is 5.65. The molecule has 0 amide bonds. The van der Waals surface area contributed by atoms with Crippen molar-refractivity contribution >= 4 is 16.8 Å². The van der Waals surface area contributed by atoms with Gasteiger partial charge in [0, 0.05) is 5.56 Å². The quantitative estimate of drug-likeness (QED) is 0.270. The molecule has 0 aromatic heterocycles. The number of phenolic OH excluding ortho intramolecular Hbond substituents is 2. The molecule has 4 nitrogen and oxygen atoms in total. The van der Waals surface area contributed by atoms with Crippen molar-refractivity contribution in [3.63, 3.8) is 0 Å². The Kier molecular flexibility index (Phi) is 2.40. The minimum atomic E-state index is -0.311. The lowest BCUT2D eigenvalue weighted by molar-refractivity contribution is 0.321. The average Bonchev–Trinajstić information content (AvgIpc) is 2.08. The molecule has 64 valence electrons. The van der Waals surface area contributed by atoms with Crippen LogP contribution in [0.4, 0.5) is 0 Å². The van der Waals surface area contributed by atoms with Crippen LogP contribution in [0.15, 0.2) is 23.4 Å². The van der Waals surface area contributed by atoms with Gasteiger partial charge in [-0.1, -0.05) is 16.8 Å². The van der Waals surface area contributed by atoms with Crippen molar-refractivity contribution in [2.24, 2.45) is 5.16 Å². The molecule has 3 N–H and O–H groups in total. The van der Waals surface area contributed by atoms with Gasteiger partial charge in [-0.3, -0.25) is 0 Å². The van der Waals surface area contributed by atoms with E-state index >= 15 is 0 Å². The summed E-state index contributed by atoms with van der Waals surface area (Å²) >= 11 is 5.42. The second kappa shape index (κ2) is 3.32. The van der Waals surface area contributed by atoms with Gasteiger partial charge in [-0.25, -0.2) is 0 Å². The molecule has 0 aliphatic carbocycles. The van der Waals surface area contributed by atoms with Gasteiger partial charge in [-0.2, -0.15) is 0 Å². The highest BCUT2D eigenvalue weighted by Gasteiger charge is 2.04. The van der Waals surface area contributed by atoms with E-state index in [1.165, 1.54) is 18.2 Å². The van der Waals surface area contributed by atoms with Crippen LogP contribution in [0.25, 0.3) is 0 Å². The largest absolute Gasteiger partial charge is 0.504 e. The van der Waals surface area contributed by atoms with Crippen LogP contribution in [0.3, 0.4) is 0 Å². The van der Waals surface area contributed by atoms with Crippen LogP contribution in [0, 0.1) is 0 Å². The van der Waals surface area contributed by atoms with Crippen LogP contribution in [-0.2, 0) is 0 Å². The summed E-state index contributed by atoms with van der Waals surface area (Å²) in [5, 5.41) is 28.7. The van der Waals surface area contributed by atoms with E-state index in [1.54, 1.807) is 0 Å². The molecule has 1 aromatic rings. The van der Waals surface area contributed by atoms with Gasteiger partial charge in [0.1, 0.15) is 0 Å². The number of hydrogen-bond acceptors (Lipinski definition) is 4. The van der Waals surface area contributed by atoms with Crippen molar-refractivity contribution in [2.75, 3.05) is 0 Å². The van der Waals surface area contributed by atoms with Crippen LogP contribution in [0.1, 0.15) is 5.56 Å². The Balaban J connectivity index is 3.13. The lowest BCUT2D eigenvalue weighted by Crippen LogP contribution is -1.89. The maximum atomic E-state index is 9.00. The fraction of sp³-hybridized carbons (Fsp3) is 0. The molecular formula is C7H6ClNO3. The highest BCUT2D eigenvalue weighted by molar-refractivity contribution is 6.69. The zero-order valence-corrected chi connectivity index (χ0v) is 6.65. The first kappa shape index (κ1) is 8.67. The van der Waals surface area contributed by atoms with Gasteiger partial charge in [-0.15, -0.1) is 0 Å². The van der Waals surface area contributed by atoms with E-state index in [-0.39, 0.29) is 16.7 Å². The van der Waals surface area contributed by atoms with Crippen LogP contribution < -0.4 is 0 Å². The van der Waals surface area contributed by atoms with Crippen molar-refractivity contribution in [2.45, 2.75) is 0 Å². The molecule has 0 aliphatic heterocycles. The normalized spacial score (nSPS) is 11.6. The van der Waals surface area contributed by atoms with Gasteiger partial charge in [0.15, 0.2) is 16.7 Å². The lowest BCUT2D eigenvalue weighted by Gasteiger charge is -1.99. The van der Waals surface area contributed by atoms with Crippen molar-refractivity contribution in [3.8, 4) is 11.5 Å². The van der Waals surface area contributed by atoms with E-state index in [4.69, 9.17) is 27.0 Å². The Labute approximate surface area is 73.3 Å². The number of phenols is 2. The summed E-state index contributed by atoms with van der Waals surface area (Å²) in [6, 6.07) is 3.85. The first-order valence-electron chi connectivity index (χ1n) is 3.05. The lowest BCUT2D eigenvalue weighted by atomic mass is 10.2. The third kappa shape index (κ3) is 1.60. The molecule has 0 unspecified atom stereocenters. The highest BCUT2D eigenvalue weighted by Crippen LogP contribution is 2.25. The Morgan fingerprint density at radius 3 is 2.42 bits per heavy atom. The van der Waals surface area contributed by atoms with Gasteiger partial charge in [0.2, 0.25) is 0 Å². The monoisotopic (exact) mass is 187 g/mol. The Morgan fingerprint density at radius 1 is 1.25 bits per heavy atom. The molecule has 1 aromatic carbocycles. The summed E-state index contributed by atoms with van der Waals surface area (Å²) in [4.78, 5) is 0. The summed E-state index contributed by atoms with van der Waals surface area (Å²) in [5.41, 5.74) is 0.328. The van der Waals surface area contributed by atoms with Crippen LogP contribution in [0.2, 0.25) is 0 Å². The van der Waals surface area contributed by atoms with Gasteiger partial charge >= 0.3 is 0 Å². The standard InChI is InChI=1S/C7H6ClNO3/c8-7(9-12)4-1-2-5(10)6(11)3-4/h1-3,10-12H/b9-7+. The molecule has 0 heterocycles. The third-order valence-corrected chi connectivity index (χ3v) is 1.60. The van der Waals surface area contributed by atoms with Gasteiger partial charge in [-0.05, 0) is 18.2 Å². The molecule has 0 radical (unpaired) electrons. The van der Waals surface area contributed by atoms with Crippen molar-refractivity contribution in [1.29, 1.82) is 0 Å². The number of benzene rings is 1. The molecule has 1 rings (SSSR count).